The van der Waals surface area contributed by atoms with Crippen LogP contribution in [-0.2, 0) is 11.3 Å². The van der Waals surface area contributed by atoms with Crippen molar-refractivity contribution in [1.82, 2.24) is 14.9 Å². The van der Waals surface area contributed by atoms with Gasteiger partial charge in [0.15, 0.2) is 5.16 Å². The van der Waals surface area contributed by atoms with E-state index in [1.807, 2.05) is 0 Å². The van der Waals surface area contributed by atoms with Crippen molar-refractivity contribution in [3.05, 3.63) is 34.1 Å². The molecule has 1 fully saturated rings. The van der Waals surface area contributed by atoms with Crippen molar-refractivity contribution in [3.63, 3.8) is 0 Å². The Morgan fingerprint density at radius 2 is 2.31 bits per heavy atom. The Morgan fingerprint density at radius 1 is 1.45 bits per heavy atom. The lowest BCUT2D eigenvalue weighted by atomic mass is 10.1. The SMILES string of the molecule is CCCCCn1c(SCC#N)nc2cc(C(=O)NC[C@H]3CCCO3)ccc2c1=O. The van der Waals surface area contributed by atoms with Gasteiger partial charge in [-0.15, -0.1) is 0 Å². The van der Waals surface area contributed by atoms with E-state index in [4.69, 9.17) is 10.00 Å². The van der Waals surface area contributed by atoms with Crippen LogP contribution in [0.15, 0.2) is 28.2 Å². The number of aromatic nitrogens is 2. The lowest BCUT2D eigenvalue weighted by Gasteiger charge is -2.13. The van der Waals surface area contributed by atoms with E-state index >= 15 is 0 Å². The third-order valence-electron chi connectivity index (χ3n) is 4.95. The van der Waals surface area contributed by atoms with Crippen LogP contribution in [0.2, 0.25) is 0 Å². The number of ether oxygens (including phenoxy) is 1. The number of nitrogens with zero attached hydrogens (tertiary/aromatic N) is 3. The van der Waals surface area contributed by atoms with Gasteiger partial charge in [-0.2, -0.15) is 5.26 Å². The molecule has 7 nitrogen and oxygen atoms in total. The summed E-state index contributed by atoms with van der Waals surface area (Å²) in [6.07, 6.45) is 5.01. The number of carbonyl (C=O) groups is 1. The van der Waals surface area contributed by atoms with E-state index in [1.54, 1.807) is 22.8 Å². The standard InChI is InChI=1S/C21H26N4O3S/c1-2-3-4-10-25-20(27)17-8-7-15(13-18(17)24-21(25)29-12-9-22)19(26)23-14-16-6-5-11-28-16/h7-8,13,16H,2-6,10-12,14H2,1H3,(H,23,26)/t16-/m1/s1. The van der Waals surface area contributed by atoms with Crippen LogP contribution >= 0.6 is 11.8 Å². The van der Waals surface area contributed by atoms with Gasteiger partial charge in [0, 0.05) is 25.3 Å². The van der Waals surface area contributed by atoms with Gasteiger partial charge in [0.25, 0.3) is 11.5 Å². The topological polar surface area (TPSA) is 97.0 Å². The average molecular weight is 415 g/mol. The van der Waals surface area contributed by atoms with Crippen LogP contribution in [-0.4, -0.2) is 40.5 Å². The minimum atomic E-state index is -0.206. The lowest BCUT2D eigenvalue weighted by Crippen LogP contribution is -2.31. The molecular formula is C21H26N4O3S. The summed E-state index contributed by atoms with van der Waals surface area (Å²) in [6, 6.07) is 7.06. The highest BCUT2D eigenvalue weighted by Crippen LogP contribution is 2.19. The first-order valence-electron chi connectivity index (χ1n) is 10.1. The van der Waals surface area contributed by atoms with Crippen molar-refractivity contribution in [1.29, 1.82) is 5.26 Å². The van der Waals surface area contributed by atoms with Crippen molar-refractivity contribution < 1.29 is 9.53 Å². The second-order valence-electron chi connectivity index (χ2n) is 7.08. The second kappa shape index (κ2) is 10.4. The molecule has 1 saturated heterocycles. The minimum Gasteiger partial charge on any atom is -0.376 e. The monoisotopic (exact) mass is 414 g/mol. The molecule has 8 heteroatoms. The van der Waals surface area contributed by atoms with E-state index < -0.39 is 0 Å². The Morgan fingerprint density at radius 3 is 3.03 bits per heavy atom. The van der Waals surface area contributed by atoms with E-state index in [0.717, 1.165) is 38.7 Å². The molecule has 1 aliphatic heterocycles. The maximum Gasteiger partial charge on any atom is 0.262 e. The summed E-state index contributed by atoms with van der Waals surface area (Å²) in [5.74, 6) is 0.00960. The van der Waals surface area contributed by atoms with Gasteiger partial charge in [-0.05, 0) is 37.5 Å². The number of fused-ring (bicyclic) bond motifs is 1. The van der Waals surface area contributed by atoms with Crippen molar-refractivity contribution in [2.75, 3.05) is 18.9 Å². The first-order valence-corrected chi connectivity index (χ1v) is 11.1. The highest BCUT2D eigenvalue weighted by Gasteiger charge is 2.18. The lowest BCUT2D eigenvalue weighted by molar-refractivity contribution is 0.0858. The molecule has 0 bridgehead atoms. The van der Waals surface area contributed by atoms with Gasteiger partial charge in [0.05, 0.1) is 28.8 Å². The van der Waals surface area contributed by atoms with Crippen LogP contribution in [0, 0.1) is 11.3 Å². The Kier molecular flexibility index (Phi) is 7.67. The number of thioether (sulfide) groups is 1. The number of rotatable bonds is 9. The summed E-state index contributed by atoms with van der Waals surface area (Å²) in [5.41, 5.74) is 0.812. The van der Waals surface area contributed by atoms with E-state index in [1.165, 1.54) is 11.8 Å². The van der Waals surface area contributed by atoms with Crippen LogP contribution in [0.5, 0.6) is 0 Å². The highest BCUT2D eigenvalue weighted by molar-refractivity contribution is 7.99. The summed E-state index contributed by atoms with van der Waals surface area (Å²) in [4.78, 5) is 30.1. The minimum absolute atomic E-state index is 0.0711. The summed E-state index contributed by atoms with van der Waals surface area (Å²) in [5, 5.41) is 12.8. The van der Waals surface area contributed by atoms with Gasteiger partial charge in [-0.3, -0.25) is 14.2 Å². The molecule has 1 atom stereocenters. The van der Waals surface area contributed by atoms with E-state index in [2.05, 4.69) is 23.3 Å². The molecule has 2 aromatic rings. The molecule has 0 unspecified atom stereocenters. The summed E-state index contributed by atoms with van der Waals surface area (Å²) in [7, 11) is 0. The first kappa shape index (κ1) is 21.3. The number of hydrogen-bond donors (Lipinski definition) is 1. The van der Waals surface area contributed by atoms with Crippen molar-refractivity contribution in [2.45, 2.75) is 56.8 Å². The first-order chi connectivity index (χ1) is 14.1. The number of nitriles is 1. The molecule has 154 valence electrons. The smallest absolute Gasteiger partial charge is 0.262 e. The number of nitrogens with one attached hydrogen (secondary N) is 1. The molecule has 3 rings (SSSR count). The predicted octanol–water partition coefficient (Wildman–Crippen LogP) is 3.11. The number of amides is 1. The molecule has 0 radical (unpaired) electrons. The van der Waals surface area contributed by atoms with Crippen molar-refractivity contribution in [3.8, 4) is 6.07 Å². The van der Waals surface area contributed by atoms with Gasteiger partial charge in [-0.25, -0.2) is 4.98 Å². The summed E-state index contributed by atoms with van der Waals surface area (Å²) in [6.45, 7) is 3.91. The molecule has 0 saturated carbocycles. The average Bonchev–Trinajstić information content (AvgIpc) is 3.25. The molecule has 1 N–H and O–H groups in total. The molecular weight excluding hydrogens is 388 g/mol. The van der Waals surface area contributed by atoms with Crippen molar-refractivity contribution in [2.24, 2.45) is 0 Å². The van der Waals surface area contributed by atoms with Gasteiger partial charge < -0.3 is 10.1 Å². The van der Waals surface area contributed by atoms with Crippen LogP contribution in [0.3, 0.4) is 0 Å². The summed E-state index contributed by atoms with van der Waals surface area (Å²) >= 11 is 1.25. The fourth-order valence-electron chi connectivity index (χ4n) is 3.38. The zero-order valence-electron chi connectivity index (χ0n) is 16.6. The number of benzene rings is 1. The second-order valence-corrected chi connectivity index (χ2v) is 8.02. The quantitative estimate of drug-likeness (QED) is 0.385. The Labute approximate surface area is 174 Å². The third-order valence-corrected chi connectivity index (χ3v) is 5.79. The Balaban J connectivity index is 1.86. The maximum absolute atomic E-state index is 13.0. The maximum atomic E-state index is 13.0. The zero-order chi connectivity index (χ0) is 20.6. The molecule has 1 aromatic carbocycles. The van der Waals surface area contributed by atoms with E-state index in [0.29, 0.717) is 34.7 Å². The highest BCUT2D eigenvalue weighted by atomic mass is 32.2. The van der Waals surface area contributed by atoms with Crippen LogP contribution < -0.4 is 10.9 Å². The molecule has 29 heavy (non-hydrogen) atoms. The normalized spacial score (nSPS) is 16.1. The molecule has 2 heterocycles. The largest absolute Gasteiger partial charge is 0.376 e. The summed E-state index contributed by atoms with van der Waals surface area (Å²) < 4.78 is 7.18. The van der Waals surface area contributed by atoms with Crippen LogP contribution in [0.25, 0.3) is 10.9 Å². The number of carbonyl (C=O) groups excluding carboxylic acids is 1. The van der Waals surface area contributed by atoms with Gasteiger partial charge in [0.2, 0.25) is 0 Å². The molecule has 0 spiro atoms. The van der Waals surface area contributed by atoms with Gasteiger partial charge in [-0.1, -0.05) is 31.5 Å². The number of hydrogen-bond acceptors (Lipinski definition) is 6. The van der Waals surface area contributed by atoms with Gasteiger partial charge >= 0.3 is 0 Å². The zero-order valence-corrected chi connectivity index (χ0v) is 17.5. The van der Waals surface area contributed by atoms with E-state index in [9.17, 15) is 9.59 Å². The molecule has 1 aromatic heterocycles. The number of unbranched alkanes of at least 4 members (excludes halogenated alkanes) is 2. The van der Waals surface area contributed by atoms with Gasteiger partial charge in [0.1, 0.15) is 0 Å². The van der Waals surface area contributed by atoms with E-state index in [-0.39, 0.29) is 23.3 Å². The fraction of sp³-hybridized carbons (Fsp3) is 0.524. The predicted molar refractivity (Wildman–Crippen MR) is 113 cm³/mol. The van der Waals surface area contributed by atoms with Crippen molar-refractivity contribution >= 4 is 28.6 Å². The third kappa shape index (κ3) is 5.37. The molecule has 1 amide bonds. The van der Waals surface area contributed by atoms with Crippen LogP contribution in [0.4, 0.5) is 0 Å². The molecule has 1 aliphatic rings. The Bertz CT molecular complexity index is 961. The van der Waals surface area contributed by atoms with Crippen LogP contribution in [0.1, 0.15) is 49.4 Å². The fourth-order valence-corrected chi connectivity index (χ4v) is 4.07. The molecule has 0 aliphatic carbocycles. The Hall–Kier alpha value is -2.37.